The van der Waals surface area contributed by atoms with Crippen molar-refractivity contribution in [1.82, 2.24) is 0 Å². The number of sulfonamides is 1. The van der Waals surface area contributed by atoms with Crippen LogP contribution in [0, 0.1) is 5.41 Å². The van der Waals surface area contributed by atoms with Crippen LogP contribution in [-0.2, 0) is 14.8 Å². The fourth-order valence-electron chi connectivity index (χ4n) is 1.40. The smallest absolute Gasteiger partial charge is 0.339 e. The molecule has 0 spiro atoms. The van der Waals surface area contributed by atoms with Crippen LogP contribution in [0.25, 0.3) is 0 Å². The average Bonchev–Trinajstić information content (AvgIpc) is 2.29. The van der Waals surface area contributed by atoms with Crippen molar-refractivity contribution in [2.75, 3.05) is 6.61 Å². The molecule has 21 heavy (non-hydrogen) atoms. The number of benzene rings is 1. The van der Waals surface area contributed by atoms with Crippen LogP contribution in [0.3, 0.4) is 0 Å². The number of rotatable bonds is 4. The van der Waals surface area contributed by atoms with E-state index in [0.717, 1.165) is 12.1 Å². The van der Waals surface area contributed by atoms with Gasteiger partial charge in [0.25, 0.3) is 0 Å². The Bertz CT molecular complexity index is 651. The summed E-state index contributed by atoms with van der Waals surface area (Å²) in [4.78, 5) is 11.7. The zero-order valence-corrected chi connectivity index (χ0v) is 14.3. The summed E-state index contributed by atoms with van der Waals surface area (Å²) in [5.74, 6) is -0.739. The fraction of sp³-hybridized carbons (Fsp3) is 0.462. The molecule has 5 nitrogen and oxygen atoms in total. The summed E-state index contributed by atoms with van der Waals surface area (Å²) in [5, 5.41) is 4.88. The van der Waals surface area contributed by atoms with Crippen molar-refractivity contribution < 1.29 is 17.9 Å². The first-order chi connectivity index (χ1) is 9.42. The molecular weight excluding hydrogens is 337 g/mol. The van der Waals surface area contributed by atoms with Crippen LogP contribution in [0.1, 0.15) is 37.6 Å². The molecule has 1 aromatic rings. The number of esters is 1. The summed E-state index contributed by atoms with van der Waals surface area (Å²) in [6.07, 6.45) is 0.652. The lowest BCUT2D eigenvalue weighted by molar-refractivity contribution is 0.0465. The molecule has 0 aliphatic carbocycles. The maximum absolute atomic E-state index is 12.0. The summed E-state index contributed by atoms with van der Waals surface area (Å²) in [5.41, 5.74) is -0.119. The minimum Gasteiger partial charge on any atom is -0.462 e. The number of halogens is 2. The van der Waals surface area contributed by atoms with E-state index >= 15 is 0 Å². The van der Waals surface area contributed by atoms with Gasteiger partial charge in [-0.1, -0.05) is 44.0 Å². The normalized spacial score (nSPS) is 12.3. The first-order valence-electron chi connectivity index (χ1n) is 6.11. The molecule has 0 fully saturated rings. The van der Waals surface area contributed by atoms with E-state index in [9.17, 15) is 13.2 Å². The molecule has 0 heterocycles. The molecule has 1 aromatic carbocycles. The maximum Gasteiger partial charge on any atom is 0.339 e. The van der Waals surface area contributed by atoms with Gasteiger partial charge in [-0.3, -0.25) is 0 Å². The number of nitrogens with two attached hydrogens (primary N) is 1. The Morgan fingerprint density at radius 3 is 2.33 bits per heavy atom. The summed E-state index contributed by atoms with van der Waals surface area (Å²) in [6, 6.07) is 2.15. The molecule has 0 amide bonds. The lowest BCUT2D eigenvalue weighted by atomic mass is 9.93. The molecule has 0 unspecified atom stereocenters. The standard InChI is InChI=1S/C13H17Cl2NO4S/c1-13(2,3)4-5-20-12(17)9-6-8(21(16,18)19)7-10(14)11(9)15/h6-7H,4-5H2,1-3H3,(H2,16,18,19). The molecule has 0 saturated heterocycles. The van der Waals surface area contributed by atoms with Crippen molar-refractivity contribution in [2.45, 2.75) is 32.1 Å². The minimum atomic E-state index is -3.99. The Morgan fingerprint density at radius 2 is 1.86 bits per heavy atom. The molecule has 8 heteroatoms. The van der Waals surface area contributed by atoms with Gasteiger partial charge in [0.15, 0.2) is 0 Å². The van der Waals surface area contributed by atoms with Crippen LogP contribution in [-0.4, -0.2) is 21.0 Å². The maximum atomic E-state index is 12.0. The second-order valence-corrected chi connectivity index (χ2v) is 8.10. The predicted octanol–water partition coefficient (Wildman–Crippen LogP) is 3.23. The number of hydrogen-bond donors (Lipinski definition) is 1. The molecule has 0 radical (unpaired) electrons. The van der Waals surface area contributed by atoms with E-state index in [0.29, 0.717) is 6.42 Å². The molecule has 118 valence electrons. The third-order valence-electron chi connectivity index (χ3n) is 2.64. The van der Waals surface area contributed by atoms with Crippen molar-refractivity contribution in [2.24, 2.45) is 10.6 Å². The van der Waals surface area contributed by atoms with Gasteiger partial charge in [-0.15, -0.1) is 0 Å². The lowest BCUT2D eigenvalue weighted by Gasteiger charge is -2.17. The van der Waals surface area contributed by atoms with Crippen LogP contribution < -0.4 is 5.14 Å². The first-order valence-corrected chi connectivity index (χ1v) is 8.41. The summed E-state index contributed by atoms with van der Waals surface area (Å²) >= 11 is 11.7. The Balaban J connectivity index is 3.02. The van der Waals surface area contributed by atoms with Gasteiger partial charge in [-0.2, -0.15) is 0 Å². The van der Waals surface area contributed by atoms with E-state index in [4.69, 9.17) is 33.1 Å². The number of carbonyl (C=O) groups excluding carboxylic acids is 1. The number of carbonyl (C=O) groups is 1. The van der Waals surface area contributed by atoms with E-state index in [1.807, 2.05) is 20.8 Å². The Morgan fingerprint density at radius 1 is 1.29 bits per heavy atom. The number of ether oxygens (including phenoxy) is 1. The highest BCUT2D eigenvalue weighted by Crippen LogP contribution is 2.30. The van der Waals surface area contributed by atoms with Crippen molar-refractivity contribution in [1.29, 1.82) is 0 Å². The largest absolute Gasteiger partial charge is 0.462 e. The highest BCUT2D eigenvalue weighted by Gasteiger charge is 2.20. The van der Waals surface area contributed by atoms with Gasteiger partial charge in [-0.25, -0.2) is 18.4 Å². The van der Waals surface area contributed by atoms with E-state index in [1.165, 1.54) is 0 Å². The van der Waals surface area contributed by atoms with Gasteiger partial charge in [-0.05, 0) is 24.0 Å². The van der Waals surface area contributed by atoms with Crippen molar-refractivity contribution in [3.8, 4) is 0 Å². The molecule has 2 N–H and O–H groups in total. The highest BCUT2D eigenvalue weighted by atomic mass is 35.5. The predicted molar refractivity (Wildman–Crippen MR) is 82.2 cm³/mol. The summed E-state index contributed by atoms with van der Waals surface area (Å²) in [7, 11) is -3.99. The van der Waals surface area contributed by atoms with E-state index in [2.05, 4.69) is 0 Å². The Hall–Kier alpha value is -0.820. The Kier molecular flexibility index (Phi) is 5.66. The van der Waals surface area contributed by atoms with Gasteiger partial charge in [0.1, 0.15) is 0 Å². The fourth-order valence-corrected chi connectivity index (χ4v) is 2.44. The Labute approximate surface area is 134 Å². The van der Waals surface area contributed by atoms with Crippen LogP contribution in [0.2, 0.25) is 10.0 Å². The van der Waals surface area contributed by atoms with Crippen LogP contribution in [0.15, 0.2) is 17.0 Å². The zero-order chi connectivity index (χ0) is 16.4. The van der Waals surface area contributed by atoms with Gasteiger partial charge < -0.3 is 4.74 Å². The van der Waals surface area contributed by atoms with E-state index in [1.54, 1.807) is 0 Å². The van der Waals surface area contributed by atoms with Crippen molar-refractivity contribution in [3.63, 3.8) is 0 Å². The second kappa shape index (κ2) is 6.52. The summed E-state index contributed by atoms with van der Waals surface area (Å²) < 4.78 is 27.8. The monoisotopic (exact) mass is 353 g/mol. The van der Waals surface area contributed by atoms with Gasteiger partial charge in [0, 0.05) is 0 Å². The van der Waals surface area contributed by atoms with Crippen LogP contribution >= 0.6 is 23.2 Å². The topological polar surface area (TPSA) is 86.5 Å². The molecule has 0 atom stereocenters. The molecule has 1 rings (SSSR count). The van der Waals surface area contributed by atoms with E-state index < -0.39 is 16.0 Å². The SMILES string of the molecule is CC(C)(C)CCOC(=O)c1cc(S(N)(=O)=O)cc(Cl)c1Cl. The van der Waals surface area contributed by atoms with Gasteiger partial charge in [0.05, 0.1) is 27.1 Å². The molecule has 0 aliphatic heterocycles. The van der Waals surface area contributed by atoms with Crippen LogP contribution in [0.5, 0.6) is 0 Å². The quantitative estimate of drug-likeness (QED) is 0.841. The number of primary sulfonamides is 1. The first kappa shape index (κ1) is 18.2. The molecule has 0 bridgehead atoms. The minimum absolute atomic E-state index is 0.00413. The van der Waals surface area contributed by atoms with Crippen molar-refractivity contribution in [3.05, 3.63) is 27.7 Å². The zero-order valence-electron chi connectivity index (χ0n) is 11.9. The average molecular weight is 354 g/mol. The number of hydrogen-bond acceptors (Lipinski definition) is 4. The summed E-state index contributed by atoms with van der Waals surface area (Å²) in [6.45, 7) is 6.21. The highest BCUT2D eigenvalue weighted by molar-refractivity contribution is 7.89. The molecule has 0 aromatic heterocycles. The molecule has 0 aliphatic rings. The van der Waals surface area contributed by atoms with Crippen molar-refractivity contribution >= 4 is 39.2 Å². The third kappa shape index (κ3) is 5.47. The van der Waals surface area contributed by atoms with Crippen LogP contribution in [0.4, 0.5) is 0 Å². The molecular formula is C13H17Cl2NO4S. The van der Waals surface area contributed by atoms with Gasteiger partial charge >= 0.3 is 5.97 Å². The third-order valence-corrected chi connectivity index (χ3v) is 4.33. The molecule has 0 saturated carbocycles. The van der Waals surface area contributed by atoms with Gasteiger partial charge in [0.2, 0.25) is 10.0 Å². The lowest BCUT2D eigenvalue weighted by Crippen LogP contribution is -2.16. The van der Waals surface area contributed by atoms with E-state index in [-0.39, 0.29) is 32.5 Å². The second-order valence-electron chi connectivity index (χ2n) is 5.76.